The molecule has 1 heterocycles. The molecule has 66 heavy (non-hydrogen) atoms. The van der Waals surface area contributed by atoms with E-state index in [1.54, 1.807) is 0 Å². The van der Waals surface area contributed by atoms with E-state index in [1.807, 2.05) is 109 Å². The van der Waals surface area contributed by atoms with Crippen LogP contribution in [0.1, 0.15) is 31.8 Å². The highest BCUT2D eigenvalue weighted by molar-refractivity contribution is 6.09. The molecule has 0 amide bonds. The first kappa shape index (κ1) is 31.2. The van der Waals surface area contributed by atoms with Gasteiger partial charge in [0.2, 0.25) is 0 Å². The maximum absolute atomic E-state index is 10.4. The van der Waals surface area contributed by atoms with Gasteiger partial charge in [0.05, 0.1) is 15.0 Å². The molecule has 3 heteroatoms. The topological polar surface area (TPSA) is 19.6 Å². The summed E-state index contributed by atoms with van der Waals surface area (Å²) in [6, 6.07) is 68.9. The molecule has 0 bridgehead atoms. The van der Waals surface area contributed by atoms with Crippen molar-refractivity contribution in [2.45, 2.75) is 5.41 Å². The Kier molecular flexibility index (Phi) is 7.22. The zero-order chi connectivity index (χ0) is 49.7. The van der Waals surface area contributed by atoms with E-state index in [2.05, 4.69) is 113 Å². The van der Waals surface area contributed by atoms with Crippen LogP contribution in [0, 0.1) is 0 Å². The third kappa shape index (κ3) is 5.91. The lowest BCUT2D eigenvalue weighted by atomic mass is 9.66. The molecule has 1 aliphatic rings. The Morgan fingerprint density at radius 1 is 0.364 bits per heavy atom. The molecular weight excluding hydrogens is 801 g/mol. The minimum absolute atomic E-state index is 0.111. The van der Waals surface area contributed by atoms with Crippen LogP contribution < -0.4 is 9.80 Å². The van der Waals surface area contributed by atoms with E-state index in [9.17, 15) is 5.48 Å². The monoisotopic (exact) mass is 849 g/mol. The first-order valence-corrected chi connectivity index (χ1v) is 22.1. The zero-order valence-electron chi connectivity index (χ0n) is 42.5. The van der Waals surface area contributed by atoms with Crippen molar-refractivity contribution in [1.29, 1.82) is 0 Å². The Bertz CT molecular complexity index is 4160. The van der Waals surface area contributed by atoms with Crippen LogP contribution in [-0.2, 0) is 5.41 Å². The molecule has 1 aliphatic carbocycles. The average molecular weight is 850 g/mol. The van der Waals surface area contributed by atoms with Gasteiger partial charge in [0.1, 0.15) is 11.2 Å². The number of hydrogen-bond donors (Lipinski definition) is 0. The number of fused-ring (bicyclic) bond motifs is 8. The highest BCUT2D eigenvalue weighted by Gasteiger charge is 2.48. The lowest BCUT2D eigenvalue weighted by molar-refractivity contribution is 0.667. The van der Waals surface area contributed by atoms with E-state index in [4.69, 9.17) is 8.53 Å². The molecule has 310 valence electrons. The van der Waals surface area contributed by atoms with Crippen molar-refractivity contribution >= 4 is 77.6 Å². The summed E-state index contributed by atoms with van der Waals surface area (Å²) in [7, 11) is 0. The van der Waals surface area contributed by atoms with Crippen LogP contribution in [0.25, 0.3) is 54.6 Å². The summed E-state index contributed by atoms with van der Waals surface area (Å²) < 4.78 is 72.7. The number of benzene rings is 11. The second kappa shape index (κ2) is 15.3. The number of rotatable bonds is 8. The summed E-state index contributed by atoms with van der Waals surface area (Å²) in [5, 5.41) is 3.53. The minimum Gasteiger partial charge on any atom is -0.456 e. The quantitative estimate of drug-likeness (QED) is 0.152. The van der Waals surface area contributed by atoms with Crippen molar-refractivity contribution in [2.75, 3.05) is 9.80 Å². The molecule has 3 nitrogen and oxygen atoms in total. The molecule has 1 aromatic heterocycles. The first-order chi connectivity index (χ1) is 35.6. The summed E-state index contributed by atoms with van der Waals surface area (Å²) in [5.41, 5.74) is 9.15. The Hall–Kier alpha value is -8.66. The lowest BCUT2D eigenvalue weighted by Crippen LogP contribution is -2.29. The van der Waals surface area contributed by atoms with Gasteiger partial charge in [-0.3, -0.25) is 0 Å². The largest absolute Gasteiger partial charge is 0.456 e. The van der Waals surface area contributed by atoms with Gasteiger partial charge in [0.15, 0.2) is 0 Å². The number of para-hydroxylation sites is 4. The molecule has 0 saturated carbocycles. The second-order valence-electron chi connectivity index (χ2n) is 16.7. The molecule has 11 aromatic carbocycles. The van der Waals surface area contributed by atoms with Gasteiger partial charge < -0.3 is 14.2 Å². The fourth-order valence-electron chi connectivity index (χ4n) is 10.3. The van der Waals surface area contributed by atoms with Crippen LogP contribution in [-0.4, -0.2) is 0 Å². The van der Waals surface area contributed by atoms with Crippen LogP contribution in [0.3, 0.4) is 0 Å². The molecule has 0 N–H and O–H groups in total. The summed E-state index contributed by atoms with van der Waals surface area (Å²) in [6.07, 6.45) is 0. The molecule has 1 unspecified atom stereocenters. The Labute approximate surface area is 393 Å². The molecule has 12 aromatic rings. The van der Waals surface area contributed by atoms with Crippen LogP contribution in [0.15, 0.2) is 259 Å². The number of furan rings is 1. The van der Waals surface area contributed by atoms with Gasteiger partial charge in [0, 0.05) is 44.9 Å². The maximum Gasteiger partial charge on any atom is 0.135 e. The highest BCUT2D eigenvalue weighted by atomic mass is 16.3. The lowest BCUT2D eigenvalue weighted by Gasteiger charge is -2.35. The van der Waals surface area contributed by atoms with Gasteiger partial charge in [-0.25, -0.2) is 0 Å². The number of anilines is 6. The average Bonchev–Trinajstić information content (AvgIpc) is 3.95. The van der Waals surface area contributed by atoms with Gasteiger partial charge in [-0.05, 0) is 146 Å². The van der Waals surface area contributed by atoms with Crippen LogP contribution >= 0.6 is 0 Å². The van der Waals surface area contributed by atoms with Crippen molar-refractivity contribution in [2.24, 2.45) is 0 Å². The van der Waals surface area contributed by atoms with E-state index in [0.717, 1.165) is 77.9 Å². The van der Waals surface area contributed by atoms with E-state index in [0.29, 0.717) is 16.7 Å². The van der Waals surface area contributed by atoms with E-state index < -0.39 is 29.6 Å². The summed E-state index contributed by atoms with van der Waals surface area (Å²) in [5.74, 6) is 0. The summed E-state index contributed by atoms with van der Waals surface area (Å²) in [4.78, 5) is 4.44. The summed E-state index contributed by atoms with van der Waals surface area (Å²) >= 11 is 0. The summed E-state index contributed by atoms with van der Waals surface area (Å²) in [6.45, 7) is 0. The highest BCUT2D eigenvalue weighted by Crippen LogP contribution is 2.60. The SMILES string of the molecule is [2H]c1c([2H])c([2H])c2c([2H])c(C3(c4cccc5oc6ccccc6c45)c4ccc(N(c5ccccc5)c5ccccc5)cc4-c4cc(N(c5ccccc5)c5ccc6ccccc6c5)ccc43)c([2H])c([2H])c2c1[2H]. The maximum atomic E-state index is 10.4. The molecular formula is C63H42N2O. The van der Waals surface area contributed by atoms with Crippen molar-refractivity contribution in [3.8, 4) is 11.1 Å². The molecule has 0 aliphatic heterocycles. The molecule has 0 fully saturated rings. The van der Waals surface area contributed by atoms with Gasteiger partial charge in [-0.1, -0.05) is 164 Å². The minimum atomic E-state index is -1.53. The fourth-order valence-corrected chi connectivity index (χ4v) is 10.3. The fraction of sp³-hybridized carbons (Fsp3) is 0.0159. The molecule has 0 saturated heterocycles. The van der Waals surface area contributed by atoms with Crippen LogP contribution in [0.5, 0.6) is 0 Å². The number of hydrogen-bond acceptors (Lipinski definition) is 3. The molecule has 13 rings (SSSR count). The van der Waals surface area contributed by atoms with E-state index in [-0.39, 0.29) is 34.5 Å². The second-order valence-corrected chi connectivity index (χ2v) is 16.7. The van der Waals surface area contributed by atoms with E-state index in [1.165, 1.54) is 0 Å². The molecule has 0 radical (unpaired) electrons. The van der Waals surface area contributed by atoms with Gasteiger partial charge in [0.25, 0.3) is 0 Å². The number of nitrogens with zero attached hydrogens (tertiary/aromatic N) is 2. The first-order valence-electron chi connectivity index (χ1n) is 25.6. The van der Waals surface area contributed by atoms with Gasteiger partial charge >= 0.3 is 0 Å². The third-order valence-corrected chi connectivity index (χ3v) is 13.1. The van der Waals surface area contributed by atoms with Crippen molar-refractivity contribution in [1.82, 2.24) is 0 Å². The molecule has 1 atom stereocenters. The zero-order valence-corrected chi connectivity index (χ0v) is 35.5. The smallest absolute Gasteiger partial charge is 0.135 e. The van der Waals surface area contributed by atoms with Crippen molar-refractivity contribution < 1.29 is 14.0 Å². The van der Waals surface area contributed by atoms with Crippen LogP contribution in [0.4, 0.5) is 34.1 Å². The molecule has 0 spiro atoms. The normalized spacial score (nSPS) is 15.6. The van der Waals surface area contributed by atoms with Crippen LogP contribution in [0.2, 0.25) is 0 Å². The standard InChI is InChI=1S/C63H42N2O/c1-4-21-48(22-5-1)64(49-23-6-2-7-24-49)52-35-37-57-55(41-52)56-42-53(65(50-25-8-3-9-26-50)51-34-32-44-18-11-13-20-46(44)40-51)36-38-58(56)63(57,47-33-31-43-17-10-12-19-45(43)39-47)59-28-16-30-61-62(59)54-27-14-15-29-60(54)66-61/h1-42H/i10D,12D,17D,19D,31D,33D,39D. The van der Waals surface area contributed by atoms with Crippen molar-refractivity contribution in [3.05, 3.63) is 277 Å². The van der Waals surface area contributed by atoms with Gasteiger partial charge in [-0.15, -0.1) is 0 Å². The Morgan fingerprint density at radius 3 is 1.56 bits per heavy atom. The van der Waals surface area contributed by atoms with Crippen molar-refractivity contribution in [3.63, 3.8) is 0 Å². The Morgan fingerprint density at radius 2 is 0.894 bits per heavy atom. The van der Waals surface area contributed by atoms with Gasteiger partial charge in [-0.2, -0.15) is 0 Å². The predicted octanol–water partition coefficient (Wildman–Crippen LogP) is 17.2. The van der Waals surface area contributed by atoms with E-state index >= 15 is 0 Å². The third-order valence-electron chi connectivity index (χ3n) is 13.1. The predicted molar refractivity (Wildman–Crippen MR) is 275 cm³/mol. The Balaban J connectivity index is 1.20.